The Hall–Kier alpha value is -2.62. The molecule has 2 aromatic carbocycles. The smallest absolute Gasteiger partial charge is 0.247 e. The van der Waals surface area contributed by atoms with Gasteiger partial charge >= 0.3 is 0 Å². The molecule has 24 heavy (non-hydrogen) atoms. The Morgan fingerprint density at radius 2 is 1.67 bits per heavy atom. The molecular weight excluding hydrogens is 298 g/mol. The van der Waals surface area contributed by atoms with Gasteiger partial charge in [0.2, 0.25) is 11.8 Å². The van der Waals surface area contributed by atoms with Crippen molar-refractivity contribution in [3.63, 3.8) is 0 Å². The Balaban J connectivity index is 1.84. The minimum atomic E-state index is 0.334. The van der Waals surface area contributed by atoms with Crippen molar-refractivity contribution < 1.29 is 4.42 Å². The highest BCUT2D eigenvalue weighted by Crippen LogP contribution is 2.25. The molecule has 124 valence electrons. The van der Waals surface area contributed by atoms with Gasteiger partial charge in [0.25, 0.3) is 0 Å². The zero-order valence-corrected chi connectivity index (χ0v) is 14.7. The molecule has 0 aliphatic heterocycles. The fourth-order valence-electron chi connectivity index (χ4n) is 2.71. The molecule has 0 fully saturated rings. The zero-order valence-electron chi connectivity index (χ0n) is 14.7. The lowest BCUT2D eigenvalue weighted by molar-refractivity contribution is 0.488. The minimum absolute atomic E-state index is 0.334. The number of nitrogens with zero attached hydrogens (tertiary/aromatic N) is 3. The number of para-hydroxylation sites is 1. The van der Waals surface area contributed by atoms with Crippen LogP contribution in [0, 0.1) is 13.8 Å². The van der Waals surface area contributed by atoms with Gasteiger partial charge in [-0.2, -0.15) is 0 Å². The van der Waals surface area contributed by atoms with Crippen molar-refractivity contribution in [2.24, 2.45) is 0 Å². The molecule has 0 N–H and O–H groups in total. The lowest BCUT2D eigenvalue weighted by Gasteiger charge is -2.29. The van der Waals surface area contributed by atoms with Gasteiger partial charge in [0.15, 0.2) is 0 Å². The quantitative estimate of drug-likeness (QED) is 0.679. The molecule has 0 bridgehead atoms. The highest BCUT2D eigenvalue weighted by Gasteiger charge is 2.17. The molecule has 0 spiro atoms. The fourth-order valence-corrected chi connectivity index (χ4v) is 2.71. The third kappa shape index (κ3) is 3.48. The van der Waals surface area contributed by atoms with E-state index in [2.05, 4.69) is 67.1 Å². The van der Waals surface area contributed by atoms with E-state index in [0.29, 0.717) is 24.4 Å². The summed E-state index contributed by atoms with van der Waals surface area (Å²) in [5, 5.41) is 8.44. The summed E-state index contributed by atoms with van der Waals surface area (Å²) in [6, 6.07) is 16.8. The zero-order chi connectivity index (χ0) is 17.1. The molecule has 1 heterocycles. The van der Waals surface area contributed by atoms with E-state index in [1.807, 2.05) is 24.3 Å². The molecule has 4 heteroatoms. The van der Waals surface area contributed by atoms with Gasteiger partial charge in [-0.3, -0.25) is 0 Å². The summed E-state index contributed by atoms with van der Waals surface area (Å²) in [6.07, 6.45) is 0. The molecule has 3 rings (SSSR count). The van der Waals surface area contributed by atoms with Crippen molar-refractivity contribution >= 4 is 5.69 Å². The number of hydrogen-bond acceptors (Lipinski definition) is 4. The molecule has 0 aliphatic rings. The predicted molar refractivity (Wildman–Crippen MR) is 97.0 cm³/mol. The Bertz CT molecular complexity index is 806. The maximum Gasteiger partial charge on any atom is 0.247 e. The van der Waals surface area contributed by atoms with Crippen LogP contribution in [0.2, 0.25) is 0 Å². The summed E-state index contributed by atoms with van der Waals surface area (Å²) in [5.41, 5.74) is 4.60. The average molecular weight is 321 g/mol. The largest absolute Gasteiger partial charge is 0.419 e. The van der Waals surface area contributed by atoms with Gasteiger partial charge in [-0.25, -0.2) is 0 Å². The first-order chi connectivity index (χ1) is 11.5. The summed E-state index contributed by atoms with van der Waals surface area (Å²) in [6.45, 7) is 9.12. The first-order valence-electron chi connectivity index (χ1n) is 8.26. The van der Waals surface area contributed by atoms with Crippen molar-refractivity contribution in [1.82, 2.24) is 10.2 Å². The van der Waals surface area contributed by atoms with Crippen LogP contribution in [0.25, 0.3) is 11.5 Å². The van der Waals surface area contributed by atoms with Crippen LogP contribution in [-0.2, 0) is 6.54 Å². The molecule has 4 nitrogen and oxygen atoms in total. The third-order valence-corrected chi connectivity index (χ3v) is 4.12. The number of anilines is 1. The standard InChI is InChI=1S/C20H23N3O/c1-14(2)23(18-8-6-5-7-16(18)4)13-19-21-22-20(24-19)17-11-9-15(3)10-12-17/h5-12,14H,13H2,1-4H3. The van der Waals surface area contributed by atoms with E-state index in [0.717, 1.165) is 5.56 Å². The second-order valence-corrected chi connectivity index (χ2v) is 6.38. The molecule has 0 amide bonds. The van der Waals surface area contributed by atoms with E-state index in [9.17, 15) is 0 Å². The number of aromatic nitrogens is 2. The number of rotatable bonds is 5. The van der Waals surface area contributed by atoms with Crippen LogP contribution >= 0.6 is 0 Å². The Morgan fingerprint density at radius 1 is 0.958 bits per heavy atom. The van der Waals surface area contributed by atoms with Crippen LogP contribution in [-0.4, -0.2) is 16.2 Å². The predicted octanol–water partition coefficient (Wildman–Crippen LogP) is 4.77. The van der Waals surface area contributed by atoms with Crippen LogP contribution < -0.4 is 4.90 Å². The normalized spacial score (nSPS) is 11.0. The molecule has 0 atom stereocenters. The van der Waals surface area contributed by atoms with Crippen molar-refractivity contribution in [3.8, 4) is 11.5 Å². The van der Waals surface area contributed by atoms with Crippen LogP contribution in [0.1, 0.15) is 30.9 Å². The molecular formula is C20H23N3O. The molecule has 1 aromatic heterocycles. The Morgan fingerprint density at radius 3 is 2.33 bits per heavy atom. The van der Waals surface area contributed by atoms with Gasteiger partial charge < -0.3 is 9.32 Å². The number of hydrogen-bond donors (Lipinski definition) is 0. The highest BCUT2D eigenvalue weighted by atomic mass is 16.4. The topological polar surface area (TPSA) is 42.2 Å². The van der Waals surface area contributed by atoms with Gasteiger partial charge in [0, 0.05) is 17.3 Å². The third-order valence-electron chi connectivity index (χ3n) is 4.12. The van der Waals surface area contributed by atoms with E-state index in [1.54, 1.807) is 0 Å². The van der Waals surface area contributed by atoms with Gasteiger partial charge in [0.05, 0.1) is 6.54 Å². The van der Waals surface area contributed by atoms with Gasteiger partial charge in [-0.05, 0) is 51.5 Å². The van der Waals surface area contributed by atoms with E-state index < -0.39 is 0 Å². The summed E-state index contributed by atoms with van der Waals surface area (Å²) in [7, 11) is 0. The minimum Gasteiger partial charge on any atom is -0.419 e. The van der Waals surface area contributed by atoms with Gasteiger partial charge in [0.1, 0.15) is 0 Å². The lowest BCUT2D eigenvalue weighted by atomic mass is 10.1. The fraction of sp³-hybridized carbons (Fsp3) is 0.300. The van der Waals surface area contributed by atoms with Gasteiger partial charge in [-0.1, -0.05) is 35.9 Å². The number of benzene rings is 2. The molecule has 0 radical (unpaired) electrons. The molecule has 3 aromatic rings. The SMILES string of the molecule is Cc1ccc(-c2nnc(CN(c3ccccc3C)C(C)C)o2)cc1. The Kier molecular flexibility index (Phi) is 4.65. The summed E-state index contributed by atoms with van der Waals surface area (Å²) in [5.74, 6) is 1.20. The maximum atomic E-state index is 5.89. The summed E-state index contributed by atoms with van der Waals surface area (Å²) >= 11 is 0. The second-order valence-electron chi connectivity index (χ2n) is 6.38. The van der Waals surface area contributed by atoms with E-state index >= 15 is 0 Å². The Labute approximate surface area is 143 Å². The summed E-state index contributed by atoms with van der Waals surface area (Å²) in [4.78, 5) is 2.28. The first-order valence-corrected chi connectivity index (χ1v) is 8.26. The van der Waals surface area contributed by atoms with Crippen LogP contribution in [0.4, 0.5) is 5.69 Å². The maximum absolute atomic E-state index is 5.89. The van der Waals surface area contributed by atoms with E-state index in [-0.39, 0.29) is 0 Å². The van der Waals surface area contributed by atoms with Crippen molar-refractivity contribution in [2.75, 3.05) is 4.90 Å². The van der Waals surface area contributed by atoms with E-state index in [4.69, 9.17) is 4.42 Å². The van der Waals surface area contributed by atoms with Crippen molar-refractivity contribution in [2.45, 2.75) is 40.3 Å². The highest BCUT2D eigenvalue weighted by molar-refractivity contribution is 5.54. The molecule has 0 saturated heterocycles. The number of aryl methyl sites for hydroxylation is 2. The van der Waals surface area contributed by atoms with Crippen LogP contribution in [0.5, 0.6) is 0 Å². The average Bonchev–Trinajstić information content (AvgIpc) is 3.02. The molecule has 0 unspecified atom stereocenters. The summed E-state index contributed by atoms with van der Waals surface area (Å²) < 4.78 is 5.89. The van der Waals surface area contributed by atoms with Crippen molar-refractivity contribution in [1.29, 1.82) is 0 Å². The lowest BCUT2D eigenvalue weighted by Crippen LogP contribution is -2.30. The molecule has 0 saturated carbocycles. The van der Waals surface area contributed by atoms with Crippen LogP contribution in [0.3, 0.4) is 0 Å². The second kappa shape index (κ2) is 6.87. The van der Waals surface area contributed by atoms with Crippen molar-refractivity contribution in [3.05, 3.63) is 65.5 Å². The monoisotopic (exact) mass is 321 g/mol. The first kappa shape index (κ1) is 16.2. The van der Waals surface area contributed by atoms with Gasteiger partial charge in [-0.15, -0.1) is 10.2 Å². The van der Waals surface area contributed by atoms with E-state index in [1.165, 1.54) is 16.8 Å². The molecule has 0 aliphatic carbocycles. The van der Waals surface area contributed by atoms with Crippen LogP contribution in [0.15, 0.2) is 52.9 Å².